The van der Waals surface area contributed by atoms with Crippen LogP contribution in [-0.2, 0) is 4.79 Å². The van der Waals surface area contributed by atoms with Crippen molar-refractivity contribution in [1.82, 2.24) is 0 Å². The number of unbranched alkanes of at least 4 members (excludes halogenated alkanes) is 4. The highest BCUT2D eigenvalue weighted by Crippen LogP contribution is 2.06. The topological polar surface area (TPSA) is 37.3 Å². The lowest BCUT2D eigenvalue weighted by molar-refractivity contribution is -0.131. The van der Waals surface area contributed by atoms with Gasteiger partial charge in [0.2, 0.25) is 0 Å². The van der Waals surface area contributed by atoms with Crippen molar-refractivity contribution in [3.63, 3.8) is 0 Å². The van der Waals surface area contributed by atoms with Gasteiger partial charge < -0.3 is 5.11 Å². The van der Waals surface area contributed by atoms with E-state index in [4.69, 9.17) is 5.11 Å². The molecular formula is C21H32O2. The molecule has 0 fully saturated rings. The Morgan fingerprint density at radius 2 is 1.48 bits per heavy atom. The highest BCUT2D eigenvalue weighted by Gasteiger charge is 1.89. The Balaban J connectivity index is 3.59. The van der Waals surface area contributed by atoms with E-state index in [0.717, 1.165) is 43.8 Å². The fourth-order valence-electron chi connectivity index (χ4n) is 2.03. The number of allylic oxidation sites excluding steroid dienone is 6. The monoisotopic (exact) mass is 316 g/mol. The zero-order chi connectivity index (χ0) is 17.2. The first-order chi connectivity index (χ1) is 11.2. The van der Waals surface area contributed by atoms with Crippen LogP contribution in [0.15, 0.2) is 53.8 Å². The van der Waals surface area contributed by atoms with Gasteiger partial charge in [0.15, 0.2) is 0 Å². The van der Waals surface area contributed by atoms with E-state index >= 15 is 0 Å². The van der Waals surface area contributed by atoms with Crippen molar-refractivity contribution in [3.05, 3.63) is 53.8 Å². The van der Waals surface area contributed by atoms with Crippen molar-refractivity contribution in [1.29, 1.82) is 0 Å². The molecule has 2 nitrogen and oxygen atoms in total. The van der Waals surface area contributed by atoms with Gasteiger partial charge in [0.1, 0.15) is 0 Å². The SMILES string of the molecule is CCCCC/C=C\C/C=C\C/C=C\CCCC(C)=C=CC(=O)O. The van der Waals surface area contributed by atoms with E-state index in [1.165, 1.54) is 25.7 Å². The molecule has 0 aliphatic rings. The third-order valence-electron chi connectivity index (χ3n) is 3.38. The van der Waals surface area contributed by atoms with Crippen LogP contribution in [0.5, 0.6) is 0 Å². The number of carboxylic acids is 1. The van der Waals surface area contributed by atoms with E-state index in [2.05, 4.69) is 49.1 Å². The minimum Gasteiger partial charge on any atom is -0.478 e. The van der Waals surface area contributed by atoms with E-state index in [-0.39, 0.29) is 0 Å². The molecule has 0 spiro atoms. The molecule has 0 aromatic rings. The van der Waals surface area contributed by atoms with E-state index in [9.17, 15) is 4.79 Å². The van der Waals surface area contributed by atoms with Crippen LogP contribution in [-0.4, -0.2) is 11.1 Å². The number of carboxylic acid groups (broad SMARTS) is 1. The van der Waals surface area contributed by atoms with Crippen molar-refractivity contribution in [2.45, 2.75) is 71.6 Å². The highest BCUT2D eigenvalue weighted by molar-refractivity contribution is 5.79. The number of aliphatic carboxylic acids is 1. The molecule has 0 saturated heterocycles. The fraction of sp³-hybridized carbons (Fsp3) is 0.524. The van der Waals surface area contributed by atoms with Crippen LogP contribution >= 0.6 is 0 Å². The lowest BCUT2D eigenvalue weighted by Gasteiger charge is -1.94. The molecule has 0 amide bonds. The molecule has 0 bridgehead atoms. The van der Waals surface area contributed by atoms with E-state index in [1.807, 2.05) is 6.92 Å². The third kappa shape index (κ3) is 18.2. The Hall–Kier alpha value is -1.79. The summed E-state index contributed by atoms with van der Waals surface area (Å²) in [5.74, 6) is -0.938. The predicted molar refractivity (Wildman–Crippen MR) is 99.6 cm³/mol. The maximum atomic E-state index is 10.4. The molecule has 0 aromatic carbocycles. The molecule has 0 aliphatic carbocycles. The van der Waals surface area contributed by atoms with Crippen molar-refractivity contribution < 1.29 is 9.90 Å². The molecule has 0 radical (unpaired) electrons. The van der Waals surface area contributed by atoms with Gasteiger partial charge in [-0.3, -0.25) is 0 Å². The van der Waals surface area contributed by atoms with Gasteiger partial charge in [0, 0.05) is 0 Å². The molecule has 1 N–H and O–H groups in total. The maximum absolute atomic E-state index is 10.4. The molecule has 0 heterocycles. The quantitative estimate of drug-likeness (QED) is 0.185. The zero-order valence-electron chi connectivity index (χ0n) is 14.8. The van der Waals surface area contributed by atoms with Gasteiger partial charge >= 0.3 is 5.97 Å². The summed E-state index contributed by atoms with van der Waals surface area (Å²) in [6.07, 6.45) is 24.5. The molecule has 0 aliphatic heterocycles. The van der Waals surface area contributed by atoms with Gasteiger partial charge in [-0.2, -0.15) is 0 Å². The van der Waals surface area contributed by atoms with E-state index in [0.29, 0.717) is 0 Å². The summed E-state index contributed by atoms with van der Waals surface area (Å²) < 4.78 is 0. The standard InChI is InChI=1S/C21H32O2/c1-3-4-5-6-7-8-9-10-11-12-13-14-15-16-17-20(2)18-19-21(22)23/h7-8,10-11,13-14,19H,3-6,9,12,15-17H2,1-2H3,(H,22,23)/b8-7-,11-10-,14-13-. The number of rotatable bonds is 13. The summed E-state index contributed by atoms with van der Waals surface area (Å²) in [4.78, 5) is 10.4. The van der Waals surface area contributed by atoms with Gasteiger partial charge in [-0.1, -0.05) is 56.2 Å². The molecule has 2 heteroatoms. The van der Waals surface area contributed by atoms with Crippen LogP contribution in [0.4, 0.5) is 0 Å². The van der Waals surface area contributed by atoms with Crippen LogP contribution in [0, 0.1) is 0 Å². The van der Waals surface area contributed by atoms with Crippen molar-refractivity contribution >= 4 is 5.97 Å². The molecule has 0 rings (SSSR count). The van der Waals surface area contributed by atoms with Gasteiger partial charge in [0.05, 0.1) is 6.08 Å². The smallest absolute Gasteiger partial charge is 0.336 e. The normalized spacial score (nSPS) is 11.4. The molecule has 128 valence electrons. The number of hydrogen-bond acceptors (Lipinski definition) is 1. The first kappa shape index (κ1) is 21.2. The Labute approximate surface area is 142 Å². The summed E-state index contributed by atoms with van der Waals surface area (Å²) in [5.41, 5.74) is 3.77. The zero-order valence-corrected chi connectivity index (χ0v) is 14.8. The van der Waals surface area contributed by atoms with Crippen LogP contribution < -0.4 is 0 Å². The number of hydrogen-bond donors (Lipinski definition) is 1. The average molecular weight is 316 g/mol. The minimum absolute atomic E-state index is 0.896. The average Bonchev–Trinajstić information content (AvgIpc) is 2.53. The fourth-order valence-corrected chi connectivity index (χ4v) is 2.03. The second-order valence-corrected chi connectivity index (χ2v) is 5.68. The third-order valence-corrected chi connectivity index (χ3v) is 3.38. The van der Waals surface area contributed by atoms with Crippen LogP contribution in [0.25, 0.3) is 0 Å². The Morgan fingerprint density at radius 1 is 0.913 bits per heavy atom. The van der Waals surface area contributed by atoms with Crippen LogP contribution in [0.1, 0.15) is 71.6 Å². The molecular weight excluding hydrogens is 284 g/mol. The summed E-state index contributed by atoms with van der Waals surface area (Å²) in [5, 5.41) is 8.50. The molecule has 0 aromatic heterocycles. The largest absolute Gasteiger partial charge is 0.478 e. The van der Waals surface area contributed by atoms with Crippen molar-refractivity contribution in [2.75, 3.05) is 0 Å². The van der Waals surface area contributed by atoms with Crippen LogP contribution in [0.3, 0.4) is 0 Å². The number of carbonyl (C=O) groups is 1. The maximum Gasteiger partial charge on any atom is 0.336 e. The lowest BCUT2D eigenvalue weighted by Crippen LogP contribution is -1.84. The van der Waals surface area contributed by atoms with E-state index < -0.39 is 5.97 Å². The first-order valence-electron chi connectivity index (χ1n) is 8.77. The van der Waals surface area contributed by atoms with E-state index in [1.54, 1.807) is 0 Å². The molecule has 23 heavy (non-hydrogen) atoms. The second-order valence-electron chi connectivity index (χ2n) is 5.68. The summed E-state index contributed by atoms with van der Waals surface area (Å²) in [6.45, 7) is 4.15. The van der Waals surface area contributed by atoms with Gasteiger partial charge in [-0.25, -0.2) is 4.79 Å². The first-order valence-corrected chi connectivity index (χ1v) is 8.77. The summed E-state index contributed by atoms with van der Waals surface area (Å²) in [7, 11) is 0. The Bertz CT molecular complexity index is 446. The van der Waals surface area contributed by atoms with Gasteiger partial charge in [-0.15, -0.1) is 5.73 Å². The molecule has 0 atom stereocenters. The predicted octanol–water partition coefficient (Wildman–Crippen LogP) is 6.37. The van der Waals surface area contributed by atoms with Crippen molar-refractivity contribution in [3.8, 4) is 0 Å². The molecule has 0 saturated carbocycles. The molecule has 0 unspecified atom stereocenters. The lowest BCUT2D eigenvalue weighted by atomic mass is 10.1. The second kappa shape index (κ2) is 16.6. The Morgan fingerprint density at radius 3 is 2.04 bits per heavy atom. The van der Waals surface area contributed by atoms with Crippen LogP contribution in [0.2, 0.25) is 0 Å². The summed E-state index contributed by atoms with van der Waals surface area (Å²) in [6, 6.07) is 0. The van der Waals surface area contributed by atoms with Gasteiger partial charge in [-0.05, 0) is 57.4 Å². The minimum atomic E-state index is -0.938. The Kier molecular flexibility index (Phi) is 15.3. The van der Waals surface area contributed by atoms with Crippen molar-refractivity contribution in [2.24, 2.45) is 0 Å². The summed E-state index contributed by atoms with van der Waals surface area (Å²) >= 11 is 0. The highest BCUT2D eigenvalue weighted by atomic mass is 16.4. The van der Waals surface area contributed by atoms with Gasteiger partial charge in [0.25, 0.3) is 0 Å².